The van der Waals surface area contributed by atoms with Gasteiger partial charge in [-0.05, 0) is 49.6 Å². The average molecular weight is 389 g/mol. The quantitative estimate of drug-likeness (QED) is 0.602. The molecule has 1 amide bonds. The number of thiophene rings is 1. The lowest BCUT2D eigenvalue weighted by Crippen LogP contribution is -2.30. The number of halogens is 2. The van der Waals surface area contributed by atoms with Gasteiger partial charge in [0.15, 0.2) is 0 Å². The number of rotatable bonds is 3. The van der Waals surface area contributed by atoms with E-state index >= 15 is 0 Å². The zero-order chi connectivity index (χ0) is 18.1. The lowest BCUT2D eigenvalue weighted by molar-refractivity contribution is 0.103. The van der Waals surface area contributed by atoms with Crippen molar-refractivity contribution >= 4 is 50.3 Å². The SMILES string of the molecule is O=C(Nc1ccccc1N1CCCCC1)c1sc2cc(F)ccc2c1Cl. The zero-order valence-corrected chi connectivity index (χ0v) is 15.7. The van der Waals surface area contributed by atoms with E-state index in [9.17, 15) is 9.18 Å². The summed E-state index contributed by atoms with van der Waals surface area (Å²) in [6.45, 7) is 1.99. The molecule has 0 saturated carbocycles. The van der Waals surface area contributed by atoms with Crippen LogP contribution in [-0.4, -0.2) is 19.0 Å². The van der Waals surface area contributed by atoms with E-state index in [0.717, 1.165) is 37.3 Å². The molecule has 26 heavy (non-hydrogen) atoms. The molecule has 1 aliphatic rings. The minimum absolute atomic E-state index is 0.263. The third-order valence-corrected chi connectivity index (χ3v) is 6.30. The molecule has 1 aromatic heterocycles. The first-order chi connectivity index (χ1) is 12.6. The van der Waals surface area contributed by atoms with Crippen LogP contribution in [0.5, 0.6) is 0 Å². The van der Waals surface area contributed by atoms with E-state index in [1.165, 1.54) is 29.9 Å². The maximum absolute atomic E-state index is 13.4. The lowest BCUT2D eigenvalue weighted by atomic mass is 10.1. The highest BCUT2D eigenvalue weighted by atomic mass is 35.5. The van der Waals surface area contributed by atoms with Gasteiger partial charge in [0.05, 0.1) is 16.4 Å². The average Bonchev–Trinajstić information content (AvgIpc) is 2.99. The lowest BCUT2D eigenvalue weighted by Gasteiger charge is -2.30. The number of para-hydroxylation sites is 2. The molecule has 0 bridgehead atoms. The molecular weight excluding hydrogens is 371 g/mol. The molecule has 1 N–H and O–H groups in total. The summed E-state index contributed by atoms with van der Waals surface area (Å²) in [6.07, 6.45) is 3.57. The van der Waals surface area contributed by atoms with Gasteiger partial charge < -0.3 is 10.2 Å². The van der Waals surface area contributed by atoms with Crippen LogP contribution in [0.2, 0.25) is 5.02 Å². The summed E-state index contributed by atoms with van der Waals surface area (Å²) in [5.74, 6) is -0.598. The van der Waals surface area contributed by atoms with Crippen molar-refractivity contribution in [3.63, 3.8) is 0 Å². The van der Waals surface area contributed by atoms with Gasteiger partial charge in [0, 0.05) is 23.2 Å². The molecule has 0 atom stereocenters. The Morgan fingerprint density at radius 1 is 1.12 bits per heavy atom. The Morgan fingerprint density at radius 2 is 1.88 bits per heavy atom. The van der Waals surface area contributed by atoms with Crippen LogP contribution in [0.4, 0.5) is 15.8 Å². The molecule has 2 aromatic carbocycles. The molecule has 0 radical (unpaired) electrons. The molecule has 0 aliphatic carbocycles. The number of carbonyl (C=O) groups is 1. The van der Waals surface area contributed by atoms with Crippen LogP contribution < -0.4 is 10.2 Å². The van der Waals surface area contributed by atoms with E-state index in [4.69, 9.17) is 11.6 Å². The molecule has 3 nitrogen and oxygen atoms in total. The highest BCUT2D eigenvalue weighted by Crippen LogP contribution is 2.37. The summed E-state index contributed by atoms with van der Waals surface area (Å²) in [7, 11) is 0. The zero-order valence-electron chi connectivity index (χ0n) is 14.1. The maximum Gasteiger partial charge on any atom is 0.267 e. The van der Waals surface area contributed by atoms with Gasteiger partial charge in [0.2, 0.25) is 0 Å². The normalized spacial score (nSPS) is 14.6. The number of piperidine rings is 1. The van der Waals surface area contributed by atoms with E-state index in [1.807, 2.05) is 24.3 Å². The van der Waals surface area contributed by atoms with Crippen LogP contribution in [0.15, 0.2) is 42.5 Å². The molecular formula is C20H18ClFN2OS. The second-order valence-electron chi connectivity index (χ2n) is 6.40. The van der Waals surface area contributed by atoms with E-state index in [2.05, 4.69) is 10.2 Å². The van der Waals surface area contributed by atoms with Crippen LogP contribution in [0.25, 0.3) is 10.1 Å². The summed E-state index contributed by atoms with van der Waals surface area (Å²) >= 11 is 7.59. The second-order valence-corrected chi connectivity index (χ2v) is 7.83. The third-order valence-electron chi connectivity index (χ3n) is 4.65. The minimum atomic E-state index is -0.335. The Balaban J connectivity index is 1.64. The fourth-order valence-electron chi connectivity index (χ4n) is 3.35. The van der Waals surface area contributed by atoms with Gasteiger partial charge in [-0.15, -0.1) is 11.3 Å². The predicted molar refractivity (Wildman–Crippen MR) is 107 cm³/mol. The number of nitrogens with one attached hydrogen (secondary N) is 1. The number of nitrogens with zero attached hydrogens (tertiary/aromatic N) is 1. The number of hydrogen-bond donors (Lipinski definition) is 1. The Hall–Kier alpha value is -2.11. The summed E-state index contributed by atoms with van der Waals surface area (Å²) in [5.41, 5.74) is 1.81. The smallest absolute Gasteiger partial charge is 0.267 e. The topological polar surface area (TPSA) is 32.3 Å². The Labute approximate surface area is 160 Å². The van der Waals surface area contributed by atoms with Crippen molar-refractivity contribution in [2.75, 3.05) is 23.3 Å². The molecule has 0 spiro atoms. The fourth-order valence-corrected chi connectivity index (χ4v) is 4.79. The molecule has 134 valence electrons. The van der Waals surface area contributed by atoms with E-state index < -0.39 is 0 Å². The van der Waals surface area contributed by atoms with Gasteiger partial charge in [-0.3, -0.25) is 4.79 Å². The van der Waals surface area contributed by atoms with Crippen molar-refractivity contribution in [1.29, 1.82) is 0 Å². The largest absolute Gasteiger partial charge is 0.370 e. The number of hydrogen-bond acceptors (Lipinski definition) is 3. The summed E-state index contributed by atoms with van der Waals surface area (Å²) in [5, 5.41) is 4.07. The van der Waals surface area contributed by atoms with Crippen molar-refractivity contribution in [3.05, 3.63) is 58.2 Å². The Bertz CT molecular complexity index is 966. The van der Waals surface area contributed by atoms with Gasteiger partial charge in [-0.25, -0.2) is 4.39 Å². The fraction of sp³-hybridized carbons (Fsp3) is 0.250. The standard InChI is InChI=1S/C20H18ClFN2OS/c21-18-14-9-8-13(22)12-17(14)26-19(18)20(25)23-15-6-2-3-7-16(15)24-10-4-1-5-11-24/h2-3,6-9,12H,1,4-5,10-11H2,(H,23,25). The van der Waals surface area contributed by atoms with E-state index in [1.54, 1.807) is 6.07 Å². The van der Waals surface area contributed by atoms with Crippen LogP contribution >= 0.6 is 22.9 Å². The van der Waals surface area contributed by atoms with Gasteiger partial charge in [0.1, 0.15) is 10.7 Å². The highest BCUT2D eigenvalue weighted by Gasteiger charge is 2.20. The van der Waals surface area contributed by atoms with Gasteiger partial charge >= 0.3 is 0 Å². The van der Waals surface area contributed by atoms with Crippen molar-refractivity contribution in [2.24, 2.45) is 0 Å². The van der Waals surface area contributed by atoms with Crippen molar-refractivity contribution < 1.29 is 9.18 Å². The summed E-state index contributed by atoms with van der Waals surface area (Å²) in [4.78, 5) is 15.5. The molecule has 0 unspecified atom stereocenters. The van der Waals surface area contributed by atoms with Gasteiger partial charge in [0.25, 0.3) is 5.91 Å². The van der Waals surface area contributed by atoms with E-state index in [-0.39, 0.29) is 11.7 Å². The molecule has 1 saturated heterocycles. The van der Waals surface area contributed by atoms with Crippen LogP contribution in [-0.2, 0) is 0 Å². The molecule has 2 heterocycles. The molecule has 1 aliphatic heterocycles. The van der Waals surface area contributed by atoms with Crippen molar-refractivity contribution in [1.82, 2.24) is 0 Å². The van der Waals surface area contributed by atoms with Gasteiger partial charge in [-0.2, -0.15) is 0 Å². The van der Waals surface area contributed by atoms with E-state index in [0.29, 0.717) is 20.0 Å². The molecule has 3 aromatic rings. The van der Waals surface area contributed by atoms with Crippen LogP contribution in [0, 0.1) is 5.82 Å². The molecule has 1 fully saturated rings. The number of anilines is 2. The Kier molecular flexibility index (Phi) is 4.83. The third kappa shape index (κ3) is 3.29. The van der Waals surface area contributed by atoms with Crippen LogP contribution in [0.3, 0.4) is 0 Å². The number of carbonyl (C=O) groups excluding carboxylic acids is 1. The predicted octanol–water partition coefficient (Wildman–Crippen LogP) is 5.94. The first-order valence-electron chi connectivity index (χ1n) is 8.66. The number of fused-ring (bicyclic) bond motifs is 1. The highest BCUT2D eigenvalue weighted by molar-refractivity contribution is 7.21. The summed E-state index contributed by atoms with van der Waals surface area (Å²) < 4.78 is 14.1. The first-order valence-corrected chi connectivity index (χ1v) is 9.86. The molecule has 4 rings (SSSR count). The first kappa shape index (κ1) is 17.3. The number of benzene rings is 2. The monoisotopic (exact) mass is 388 g/mol. The maximum atomic E-state index is 13.4. The number of amides is 1. The van der Waals surface area contributed by atoms with Crippen LogP contribution in [0.1, 0.15) is 28.9 Å². The minimum Gasteiger partial charge on any atom is -0.370 e. The second kappa shape index (κ2) is 7.25. The van der Waals surface area contributed by atoms with Crippen molar-refractivity contribution in [2.45, 2.75) is 19.3 Å². The van der Waals surface area contributed by atoms with Gasteiger partial charge in [-0.1, -0.05) is 23.7 Å². The molecule has 6 heteroatoms. The Morgan fingerprint density at radius 3 is 2.69 bits per heavy atom. The summed E-state index contributed by atoms with van der Waals surface area (Å²) in [6, 6.07) is 12.2. The van der Waals surface area contributed by atoms with Crippen molar-refractivity contribution in [3.8, 4) is 0 Å².